The first-order valence-corrected chi connectivity index (χ1v) is 10.7. The molecule has 4 heterocycles. The Morgan fingerprint density at radius 2 is 2.03 bits per heavy atom. The number of aromatic nitrogens is 4. The lowest BCUT2D eigenvalue weighted by Gasteiger charge is -2.23. The number of hydrogen-bond acceptors (Lipinski definition) is 6. The summed E-state index contributed by atoms with van der Waals surface area (Å²) in [4.78, 5) is 22.4. The fourth-order valence-electron chi connectivity index (χ4n) is 4.27. The van der Waals surface area contributed by atoms with Crippen LogP contribution in [0.5, 0.6) is 5.75 Å². The van der Waals surface area contributed by atoms with E-state index in [0.29, 0.717) is 36.4 Å². The van der Waals surface area contributed by atoms with Gasteiger partial charge in [0.15, 0.2) is 5.65 Å². The summed E-state index contributed by atoms with van der Waals surface area (Å²) in [7, 11) is 0. The first kappa shape index (κ1) is 19.4. The zero-order valence-corrected chi connectivity index (χ0v) is 17.8. The average molecular weight is 430 g/mol. The first-order valence-electron chi connectivity index (χ1n) is 10.3. The van der Waals surface area contributed by atoms with Crippen molar-refractivity contribution in [2.75, 3.05) is 25.1 Å². The number of halogens is 1. The summed E-state index contributed by atoms with van der Waals surface area (Å²) in [6, 6.07) is 3.87. The summed E-state index contributed by atoms with van der Waals surface area (Å²) in [5.74, 6) is 1.23. The minimum atomic E-state index is -0.0499. The highest BCUT2D eigenvalue weighted by Crippen LogP contribution is 2.35. The van der Waals surface area contributed by atoms with Gasteiger partial charge in [0.1, 0.15) is 11.3 Å². The summed E-state index contributed by atoms with van der Waals surface area (Å²) in [5.41, 5.74) is 3.15. The van der Waals surface area contributed by atoms with Crippen LogP contribution in [0.15, 0.2) is 23.1 Å². The van der Waals surface area contributed by atoms with E-state index in [1.165, 1.54) is 0 Å². The van der Waals surface area contributed by atoms with E-state index in [4.69, 9.17) is 26.1 Å². The number of ether oxygens (including phenoxy) is 2. The van der Waals surface area contributed by atoms with Gasteiger partial charge in [0.25, 0.3) is 0 Å². The molecule has 0 amide bonds. The van der Waals surface area contributed by atoms with Crippen LogP contribution in [-0.4, -0.2) is 38.9 Å². The SMILES string of the molecule is CC(C)n1c(=O)n(C2CCOCC2)c2nc(Nc3cc4c(cc3Cl)OCC4)ncc21. The molecule has 3 aromatic rings. The Hall–Kier alpha value is -2.58. The standard InChI is InChI=1S/C21H24ClN5O3/c1-12(2)26-17-11-23-20(24-16-9-13-3-8-30-18(13)10-15(16)22)25-19(17)27(21(26)28)14-4-6-29-7-5-14/h9-12,14H,3-8H2,1-2H3,(H,23,24,25). The summed E-state index contributed by atoms with van der Waals surface area (Å²) < 4.78 is 14.6. The van der Waals surface area contributed by atoms with Crippen molar-refractivity contribution >= 4 is 34.4 Å². The highest BCUT2D eigenvalue weighted by atomic mass is 35.5. The van der Waals surface area contributed by atoms with E-state index in [-0.39, 0.29) is 17.8 Å². The Balaban J connectivity index is 1.59. The van der Waals surface area contributed by atoms with Crippen molar-refractivity contribution in [2.45, 2.75) is 45.2 Å². The van der Waals surface area contributed by atoms with E-state index in [9.17, 15) is 4.79 Å². The van der Waals surface area contributed by atoms with Crippen molar-refractivity contribution < 1.29 is 9.47 Å². The molecule has 1 saturated heterocycles. The minimum absolute atomic E-state index is 0.00894. The van der Waals surface area contributed by atoms with E-state index >= 15 is 0 Å². The summed E-state index contributed by atoms with van der Waals surface area (Å²) in [6.45, 7) is 5.95. The summed E-state index contributed by atoms with van der Waals surface area (Å²) in [5, 5.41) is 3.77. The quantitative estimate of drug-likeness (QED) is 0.678. The van der Waals surface area contributed by atoms with Crippen molar-refractivity contribution in [3.05, 3.63) is 39.4 Å². The Morgan fingerprint density at radius 1 is 1.23 bits per heavy atom. The molecular formula is C21H24ClN5O3. The molecular weight excluding hydrogens is 406 g/mol. The molecule has 0 unspecified atom stereocenters. The largest absolute Gasteiger partial charge is 0.493 e. The Labute approximate surface area is 178 Å². The molecule has 2 aliphatic rings. The molecule has 1 aromatic carbocycles. The molecule has 0 radical (unpaired) electrons. The number of nitrogens with one attached hydrogen (secondary N) is 1. The second-order valence-corrected chi connectivity index (χ2v) is 8.43. The third-order valence-corrected chi connectivity index (χ3v) is 6.06. The highest BCUT2D eigenvalue weighted by molar-refractivity contribution is 6.33. The molecule has 2 aliphatic heterocycles. The third-order valence-electron chi connectivity index (χ3n) is 5.75. The van der Waals surface area contributed by atoms with Gasteiger partial charge in [-0.3, -0.25) is 9.13 Å². The zero-order chi connectivity index (χ0) is 20.8. The van der Waals surface area contributed by atoms with Gasteiger partial charge < -0.3 is 14.8 Å². The molecule has 0 bridgehead atoms. The lowest BCUT2D eigenvalue weighted by molar-refractivity contribution is 0.0694. The van der Waals surface area contributed by atoms with Gasteiger partial charge in [-0.25, -0.2) is 9.78 Å². The van der Waals surface area contributed by atoms with Crippen LogP contribution in [0.1, 0.15) is 44.3 Å². The maximum absolute atomic E-state index is 13.2. The fourth-order valence-corrected chi connectivity index (χ4v) is 4.47. The number of imidazole rings is 1. The fraction of sp³-hybridized carbons (Fsp3) is 0.476. The number of fused-ring (bicyclic) bond motifs is 2. The second kappa shape index (κ2) is 7.59. The zero-order valence-electron chi connectivity index (χ0n) is 17.0. The number of anilines is 2. The van der Waals surface area contributed by atoms with Gasteiger partial charge >= 0.3 is 5.69 Å². The van der Waals surface area contributed by atoms with E-state index in [0.717, 1.165) is 41.8 Å². The first-order chi connectivity index (χ1) is 14.5. The summed E-state index contributed by atoms with van der Waals surface area (Å²) in [6.07, 6.45) is 4.15. The van der Waals surface area contributed by atoms with Gasteiger partial charge in [0.2, 0.25) is 5.95 Å². The number of benzene rings is 1. The van der Waals surface area contributed by atoms with E-state index in [1.54, 1.807) is 10.8 Å². The normalized spacial score (nSPS) is 16.8. The number of nitrogens with zero attached hydrogens (tertiary/aromatic N) is 4. The van der Waals surface area contributed by atoms with Crippen LogP contribution in [-0.2, 0) is 11.2 Å². The molecule has 30 heavy (non-hydrogen) atoms. The van der Waals surface area contributed by atoms with Gasteiger partial charge in [-0.05, 0) is 38.3 Å². The van der Waals surface area contributed by atoms with Crippen molar-refractivity contribution in [1.82, 2.24) is 19.1 Å². The Kier molecular flexibility index (Phi) is 4.91. The molecule has 1 N–H and O–H groups in total. The van der Waals surface area contributed by atoms with Crippen molar-refractivity contribution in [2.24, 2.45) is 0 Å². The van der Waals surface area contributed by atoms with Gasteiger partial charge in [-0.15, -0.1) is 0 Å². The van der Waals surface area contributed by atoms with E-state index in [1.807, 2.05) is 30.5 Å². The Bertz CT molecular complexity index is 1160. The minimum Gasteiger partial charge on any atom is -0.493 e. The molecule has 9 heteroatoms. The van der Waals surface area contributed by atoms with Crippen LogP contribution in [0.2, 0.25) is 5.02 Å². The van der Waals surface area contributed by atoms with Crippen LogP contribution in [0.4, 0.5) is 11.6 Å². The maximum atomic E-state index is 13.2. The second-order valence-electron chi connectivity index (χ2n) is 8.03. The topological polar surface area (TPSA) is 83.2 Å². The summed E-state index contributed by atoms with van der Waals surface area (Å²) >= 11 is 6.43. The molecule has 1 fully saturated rings. The van der Waals surface area contributed by atoms with E-state index < -0.39 is 0 Å². The molecule has 0 saturated carbocycles. The molecule has 158 valence electrons. The molecule has 2 aromatic heterocycles. The third kappa shape index (κ3) is 3.24. The van der Waals surface area contributed by atoms with Crippen LogP contribution in [0.3, 0.4) is 0 Å². The lowest BCUT2D eigenvalue weighted by atomic mass is 10.1. The van der Waals surface area contributed by atoms with Crippen molar-refractivity contribution in [3.8, 4) is 5.75 Å². The predicted octanol–water partition coefficient (Wildman–Crippen LogP) is 3.86. The number of hydrogen-bond donors (Lipinski definition) is 1. The smallest absolute Gasteiger partial charge is 0.330 e. The van der Waals surface area contributed by atoms with Crippen LogP contribution in [0, 0.1) is 0 Å². The Morgan fingerprint density at radius 3 is 2.80 bits per heavy atom. The van der Waals surface area contributed by atoms with Crippen molar-refractivity contribution in [1.29, 1.82) is 0 Å². The molecule has 0 aliphatic carbocycles. The van der Waals surface area contributed by atoms with Gasteiger partial charge in [0.05, 0.1) is 23.5 Å². The maximum Gasteiger partial charge on any atom is 0.330 e. The lowest BCUT2D eigenvalue weighted by Crippen LogP contribution is -2.31. The average Bonchev–Trinajstić information content (AvgIpc) is 3.29. The monoisotopic (exact) mass is 429 g/mol. The number of rotatable bonds is 4. The van der Waals surface area contributed by atoms with Crippen LogP contribution < -0.4 is 15.7 Å². The molecule has 0 spiro atoms. The highest BCUT2D eigenvalue weighted by Gasteiger charge is 2.25. The molecule has 8 nitrogen and oxygen atoms in total. The van der Waals surface area contributed by atoms with Crippen molar-refractivity contribution in [3.63, 3.8) is 0 Å². The van der Waals surface area contributed by atoms with Gasteiger partial charge in [0, 0.05) is 37.8 Å². The van der Waals surface area contributed by atoms with Crippen LogP contribution in [0.25, 0.3) is 11.2 Å². The van der Waals surface area contributed by atoms with Crippen LogP contribution >= 0.6 is 11.6 Å². The van der Waals surface area contributed by atoms with Gasteiger partial charge in [-0.2, -0.15) is 4.98 Å². The van der Waals surface area contributed by atoms with E-state index in [2.05, 4.69) is 10.3 Å². The molecule has 0 atom stereocenters. The van der Waals surface area contributed by atoms with Gasteiger partial charge in [-0.1, -0.05) is 11.6 Å². The molecule has 5 rings (SSSR count). The predicted molar refractivity (Wildman–Crippen MR) is 115 cm³/mol.